The monoisotopic (exact) mass is 236 g/mol. The van der Waals surface area contributed by atoms with Gasteiger partial charge in [0.2, 0.25) is 0 Å². The second-order valence-corrected chi connectivity index (χ2v) is 5.00. The Hall–Kier alpha value is -1.16. The van der Waals surface area contributed by atoms with Crippen molar-refractivity contribution in [3.63, 3.8) is 0 Å². The molecule has 0 saturated heterocycles. The highest BCUT2D eigenvalue weighted by molar-refractivity contribution is 7.99. The van der Waals surface area contributed by atoms with Crippen molar-refractivity contribution < 1.29 is 4.79 Å². The Morgan fingerprint density at radius 3 is 2.75 bits per heavy atom. The third-order valence-corrected chi connectivity index (χ3v) is 3.33. The normalized spacial score (nSPS) is 14.5. The first-order valence-corrected chi connectivity index (χ1v) is 6.55. The van der Waals surface area contributed by atoms with E-state index in [0.717, 1.165) is 18.6 Å². The van der Waals surface area contributed by atoms with Crippen LogP contribution in [0.15, 0.2) is 35.2 Å². The number of rotatable bonds is 5. The summed E-state index contributed by atoms with van der Waals surface area (Å²) in [7, 11) is 0. The summed E-state index contributed by atoms with van der Waals surface area (Å²) < 4.78 is 0. The van der Waals surface area contributed by atoms with Gasteiger partial charge < -0.3 is 10.6 Å². The molecule has 1 saturated carbocycles. The molecule has 0 heterocycles. The Morgan fingerprint density at radius 1 is 1.31 bits per heavy atom. The van der Waals surface area contributed by atoms with E-state index >= 15 is 0 Å². The Bertz CT molecular complexity index is 338. The van der Waals surface area contributed by atoms with Crippen LogP contribution in [0.1, 0.15) is 12.8 Å². The van der Waals surface area contributed by atoms with Crippen molar-refractivity contribution >= 4 is 17.8 Å². The summed E-state index contributed by atoms with van der Waals surface area (Å²) in [5.74, 6) is 0.905. The summed E-state index contributed by atoms with van der Waals surface area (Å²) in [4.78, 5) is 12.5. The predicted octanol–water partition coefficient (Wildman–Crippen LogP) is 2.24. The lowest BCUT2D eigenvalue weighted by atomic mass is 10.4. The molecule has 0 atom stereocenters. The number of urea groups is 1. The second kappa shape index (κ2) is 5.80. The van der Waals surface area contributed by atoms with Gasteiger partial charge in [-0.15, -0.1) is 11.8 Å². The molecule has 2 rings (SSSR count). The van der Waals surface area contributed by atoms with Gasteiger partial charge in [-0.1, -0.05) is 18.2 Å². The molecule has 3 nitrogen and oxygen atoms in total. The molecule has 2 N–H and O–H groups in total. The first-order chi connectivity index (χ1) is 7.84. The van der Waals surface area contributed by atoms with Crippen molar-refractivity contribution in [3.8, 4) is 0 Å². The zero-order chi connectivity index (χ0) is 11.2. The third-order valence-electron chi connectivity index (χ3n) is 2.31. The van der Waals surface area contributed by atoms with Crippen molar-refractivity contribution in [2.24, 2.45) is 0 Å². The molecule has 1 aliphatic carbocycles. The third kappa shape index (κ3) is 4.14. The topological polar surface area (TPSA) is 41.1 Å². The summed E-state index contributed by atoms with van der Waals surface area (Å²) in [6.07, 6.45) is 2.26. The Morgan fingerprint density at radius 2 is 2.06 bits per heavy atom. The van der Waals surface area contributed by atoms with Crippen LogP contribution in [0.3, 0.4) is 0 Å². The zero-order valence-corrected chi connectivity index (χ0v) is 9.93. The van der Waals surface area contributed by atoms with Gasteiger partial charge in [-0.05, 0) is 25.0 Å². The molecule has 4 heteroatoms. The Balaban J connectivity index is 1.56. The predicted molar refractivity (Wildman–Crippen MR) is 66.7 cm³/mol. The van der Waals surface area contributed by atoms with Crippen LogP contribution in [-0.2, 0) is 0 Å². The second-order valence-electron chi connectivity index (χ2n) is 3.84. The number of hydrogen-bond acceptors (Lipinski definition) is 2. The van der Waals surface area contributed by atoms with Gasteiger partial charge in [-0.25, -0.2) is 4.79 Å². The highest BCUT2D eigenvalue weighted by Crippen LogP contribution is 2.18. The van der Waals surface area contributed by atoms with E-state index in [2.05, 4.69) is 22.8 Å². The molecule has 0 radical (unpaired) electrons. The van der Waals surface area contributed by atoms with E-state index in [4.69, 9.17) is 0 Å². The average Bonchev–Trinajstić information content (AvgIpc) is 3.10. The van der Waals surface area contributed by atoms with E-state index in [1.165, 1.54) is 4.90 Å². The highest BCUT2D eigenvalue weighted by Gasteiger charge is 2.22. The van der Waals surface area contributed by atoms with Crippen molar-refractivity contribution in [2.45, 2.75) is 23.8 Å². The van der Waals surface area contributed by atoms with Gasteiger partial charge in [0.25, 0.3) is 0 Å². The molecule has 1 fully saturated rings. The summed E-state index contributed by atoms with van der Waals surface area (Å²) in [6.45, 7) is 0.706. The molecule has 0 unspecified atom stereocenters. The minimum absolute atomic E-state index is 0.0313. The van der Waals surface area contributed by atoms with Crippen molar-refractivity contribution in [3.05, 3.63) is 30.3 Å². The van der Waals surface area contributed by atoms with Gasteiger partial charge in [-0.3, -0.25) is 0 Å². The van der Waals surface area contributed by atoms with Crippen LogP contribution in [0.25, 0.3) is 0 Å². The van der Waals surface area contributed by atoms with Gasteiger partial charge in [0, 0.05) is 23.2 Å². The van der Waals surface area contributed by atoms with E-state index in [9.17, 15) is 4.79 Å². The summed E-state index contributed by atoms with van der Waals surface area (Å²) in [5, 5.41) is 5.75. The molecule has 1 aromatic carbocycles. The minimum atomic E-state index is -0.0313. The molecule has 16 heavy (non-hydrogen) atoms. The van der Waals surface area contributed by atoms with Gasteiger partial charge >= 0.3 is 6.03 Å². The first-order valence-electron chi connectivity index (χ1n) is 5.57. The molecule has 0 bridgehead atoms. The largest absolute Gasteiger partial charge is 0.337 e. The molecular formula is C12H16N2OS. The number of benzene rings is 1. The number of carbonyl (C=O) groups excluding carboxylic acids is 1. The van der Waals surface area contributed by atoms with Crippen molar-refractivity contribution in [1.29, 1.82) is 0 Å². The standard InChI is InChI=1S/C12H16N2OS/c15-12(14-10-6-7-10)13-8-9-16-11-4-2-1-3-5-11/h1-5,10H,6-9H2,(H2,13,14,15). The van der Waals surface area contributed by atoms with Crippen LogP contribution in [0.5, 0.6) is 0 Å². The van der Waals surface area contributed by atoms with Gasteiger partial charge in [0.05, 0.1) is 0 Å². The van der Waals surface area contributed by atoms with Crippen LogP contribution >= 0.6 is 11.8 Å². The van der Waals surface area contributed by atoms with Crippen LogP contribution in [-0.4, -0.2) is 24.4 Å². The fourth-order valence-electron chi connectivity index (χ4n) is 1.31. The van der Waals surface area contributed by atoms with Crippen molar-refractivity contribution in [1.82, 2.24) is 10.6 Å². The van der Waals surface area contributed by atoms with E-state index in [-0.39, 0.29) is 6.03 Å². The number of nitrogens with one attached hydrogen (secondary N) is 2. The molecule has 2 amide bonds. The minimum Gasteiger partial charge on any atom is -0.337 e. The summed E-state index contributed by atoms with van der Waals surface area (Å²) in [6, 6.07) is 10.6. The van der Waals surface area contributed by atoms with E-state index < -0.39 is 0 Å². The van der Waals surface area contributed by atoms with E-state index in [1.807, 2.05) is 18.2 Å². The fraction of sp³-hybridized carbons (Fsp3) is 0.417. The number of carbonyl (C=O) groups is 1. The molecule has 0 spiro atoms. The Labute approximate surface area is 100.0 Å². The van der Waals surface area contributed by atoms with Crippen LogP contribution in [0.4, 0.5) is 4.79 Å². The molecular weight excluding hydrogens is 220 g/mol. The summed E-state index contributed by atoms with van der Waals surface area (Å²) >= 11 is 1.75. The van der Waals surface area contributed by atoms with E-state index in [1.54, 1.807) is 11.8 Å². The van der Waals surface area contributed by atoms with Crippen LogP contribution in [0.2, 0.25) is 0 Å². The van der Waals surface area contributed by atoms with E-state index in [0.29, 0.717) is 12.6 Å². The summed E-state index contributed by atoms with van der Waals surface area (Å²) in [5.41, 5.74) is 0. The lowest BCUT2D eigenvalue weighted by molar-refractivity contribution is 0.241. The average molecular weight is 236 g/mol. The first kappa shape index (κ1) is 11.3. The van der Waals surface area contributed by atoms with Gasteiger partial charge in [0.1, 0.15) is 0 Å². The maximum atomic E-state index is 11.3. The number of amides is 2. The molecule has 1 aromatic rings. The fourth-order valence-corrected chi connectivity index (χ4v) is 2.10. The molecule has 0 aromatic heterocycles. The SMILES string of the molecule is O=C(NCCSc1ccccc1)NC1CC1. The number of hydrogen-bond donors (Lipinski definition) is 2. The van der Waals surface area contributed by atoms with Gasteiger partial charge in [-0.2, -0.15) is 0 Å². The smallest absolute Gasteiger partial charge is 0.315 e. The van der Waals surface area contributed by atoms with Gasteiger partial charge in [0.15, 0.2) is 0 Å². The maximum absolute atomic E-state index is 11.3. The highest BCUT2D eigenvalue weighted by atomic mass is 32.2. The van der Waals surface area contributed by atoms with Crippen LogP contribution in [0, 0.1) is 0 Å². The number of thioether (sulfide) groups is 1. The lowest BCUT2D eigenvalue weighted by Gasteiger charge is -2.06. The Kier molecular flexibility index (Phi) is 4.10. The lowest BCUT2D eigenvalue weighted by Crippen LogP contribution is -2.37. The molecule has 1 aliphatic rings. The maximum Gasteiger partial charge on any atom is 0.315 e. The molecule has 86 valence electrons. The zero-order valence-electron chi connectivity index (χ0n) is 9.11. The molecule has 0 aliphatic heterocycles. The van der Waals surface area contributed by atoms with Crippen molar-refractivity contribution in [2.75, 3.05) is 12.3 Å². The van der Waals surface area contributed by atoms with Crippen LogP contribution < -0.4 is 10.6 Å². The quantitative estimate of drug-likeness (QED) is 0.608.